The number of guanidine groups is 1. The fourth-order valence-electron chi connectivity index (χ4n) is 2.09. The second-order valence-corrected chi connectivity index (χ2v) is 5.55. The van der Waals surface area contributed by atoms with E-state index >= 15 is 0 Å². The van der Waals surface area contributed by atoms with Gasteiger partial charge in [0, 0.05) is 27.2 Å². The highest BCUT2D eigenvalue weighted by atomic mass is 127. The third kappa shape index (κ3) is 8.50. The van der Waals surface area contributed by atoms with Crippen molar-refractivity contribution in [3.63, 3.8) is 0 Å². The maximum absolute atomic E-state index is 4.70. The minimum absolute atomic E-state index is 0. The third-order valence-corrected chi connectivity index (χ3v) is 3.52. The van der Waals surface area contributed by atoms with Crippen LogP contribution in [0.4, 0.5) is 0 Å². The molecule has 0 saturated carbocycles. The fourth-order valence-corrected chi connectivity index (χ4v) is 2.09. The Balaban J connectivity index is 0.00000484. The van der Waals surface area contributed by atoms with Crippen LogP contribution in [-0.2, 0) is 13.6 Å². The molecule has 7 nitrogen and oxygen atoms in total. The molecule has 0 unspecified atom stereocenters. The Bertz CT molecular complexity index is 447. The first-order valence-electron chi connectivity index (χ1n) is 8.09. The van der Waals surface area contributed by atoms with Crippen molar-refractivity contribution in [2.24, 2.45) is 12.0 Å². The number of aliphatic imine (C=N–C) groups is 1. The summed E-state index contributed by atoms with van der Waals surface area (Å²) in [7, 11) is 6.08. The summed E-state index contributed by atoms with van der Waals surface area (Å²) in [5.41, 5.74) is 0. The van der Waals surface area contributed by atoms with Gasteiger partial charge in [-0.3, -0.25) is 9.67 Å². The van der Waals surface area contributed by atoms with E-state index in [0.29, 0.717) is 6.54 Å². The van der Waals surface area contributed by atoms with Gasteiger partial charge in [0.1, 0.15) is 12.2 Å². The quantitative estimate of drug-likeness (QED) is 0.361. The minimum Gasteiger partial charge on any atom is -0.357 e. The van der Waals surface area contributed by atoms with E-state index in [2.05, 4.69) is 46.1 Å². The lowest BCUT2D eigenvalue weighted by Gasteiger charge is -2.22. The van der Waals surface area contributed by atoms with Crippen LogP contribution in [0.5, 0.6) is 0 Å². The molecule has 1 aromatic heterocycles. The van der Waals surface area contributed by atoms with E-state index in [-0.39, 0.29) is 24.0 Å². The van der Waals surface area contributed by atoms with Crippen LogP contribution >= 0.6 is 24.0 Å². The maximum atomic E-state index is 4.70. The van der Waals surface area contributed by atoms with E-state index in [1.807, 2.05) is 14.1 Å². The first-order valence-corrected chi connectivity index (χ1v) is 8.09. The maximum Gasteiger partial charge on any atom is 0.194 e. The van der Waals surface area contributed by atoms with Gasteiger partial charge in [0.2, 0.25) is 0 Å². The molecule has 0 atom stereocenters. The summed E-state index contributed by atoms with van der Waals surface area (Å²) in [4.78, 5) is 13.4. The highest BCUT2D eigenvalue weighted by Gasteiger charge is 2.09. The van der Waals surface area contributed by atoms with Crippen LogP contribution in [0.15, 0.2) is 11.3 Å². The Hall–Kier alpha value is -0.900. The summed E-state index contributed by atoms with van der Waals surface area (Å²) < 4.78 is 1.79. The zero-order chi connectivity index (χ0) is 16.4. The van der Waals surface area contributed by atoms with Crippen molar-refractivity contribution in [1.82, 2.24) is 29.9 Å². The first-order chi connectivity index (χ1) is 10.6. The van der Waals surface area contributed by atoms with Crippen LogP contribution in [-0.4, -0.2) is 70.8 Å². The molecule has 134 valence electrons. The van der Waals surface area contributed by atoms with Crippen LogP contribution in [0.25, 0.3) is 0 Å². The Labute approximate surface area is 157 Å². The van der Waals surface area contributed by atoms with Crippen molar-refractivity contribution in [2.45, 2.75) is 33.2 Å². The highest BCUT2D eigenvalue weighted by molar-refractivity contribution is 14.0. The summed E-state index contributed by atoms with van der Waals surface area (Å²) in [6, 6.07) is 0. The molecular weight excluding hydrogens is 405 g/mol. The Morgan fingerprint density at radius 1 is 1.30 bits per heavy atom. The number of aryl methyl sites for hydroxylation is 1. The number of halogens is 1. The molecule has 0 aliphatic rings. The second-order valence-electron chi connectivity index (χ2n) is 5.55. The summed E-state index contributed by atoms with van der Waals surface area (Å²) in [5.74, 6) is 1.84. The smallest absolute Gasteiger partial charge is 0.194 e. The molecule has 0 fully saturated rings. The molecule has 1 rings (SSSR count). The average molecular weight is 437 g/mol. The van der Waals surface area contributed by atoms with Gasteiger partial charge in [0.25, 0.3) is 0 Å². The standard InChI is InChI=1S/C15H31N7.HI/c1-6-8-10-20(3)11-9-17-15(16-7-2)21(4)12-14-18-13-19-22(14)5;/h13H,6-12H2,1-5H3,(H,16,17);1H. The fraction of sp³-hybridized carbons (Fsp3) is 0.800. The zero-order valence-electron chi connectivity index (χ0n) is 15.1. The van der Waals surface area contributed by atoms with Crippen molar-refractivity contribution < 1.29 is 0 Å². The molecule has 0 amide bonds. The Kier molecular flexibility index (Phi) is 12.0. The van der Waals surface area contributed by atoms with E-state index in [1.165, 1.54) is 12.8 Å². The predicted molar refractivity (Wildman–Crippen MR) is 106 cm³/mol. The van der Waals surface area contributed by atoms with Gasteiger partial charge < -0.3 is 15.1 Å². The molecule has 0 bridgehead atoms. The van der Waals surface area contributed by atoms with Crippen LogP contribution in [0.3, 0.4) is 0 Å². The monoisotopic (exact) mass is 437 g/mol. The SMILES string of the molecule is CCCCN(C)CCN=C(NCC)N(C)Cc1ncnn1C.I. The largest absolute Gasteiger partial charge is 0.357 e. The highest BCUT2D eigenvalue weighted by Crippen LogP contribution is 1.98. The van der Waals surface area contributed by atoms with Crippen molar-refractivity contribution in [2.75, 3.05) is 40.3 Å². The lowest BCUT2D eigenvalue weighted by atomic mass is 10.3. The molecule has 0 saturated heterocycles. The molecule has 0 aliphatic heterocycles. The number of hydrogen-bond donors (Lipinski definition) is 1. The van der Waals surface area contributed by atoms with E-state index in [0.717, 1.165) is 38.0 Å². The van der Waals surface area contributed by atoms with Gasteiger partial charge in [0.05, 0.1) is 13.1 Å². The van der Waals surface area contributed by atoms with Gasteiger partial charge in [-0.2, -0.15) is 5.10 Å². The van der Waals surface area contributed by atoms with E-state index in [4.69, 9.17) is 4.99 Å². The molecule has 0 radical (unpaired) electrons. The molecule has 1 N–H and O–H groups in total. The number of nitrogens with one attached hydrogen (secondary N) is 1. The summed E-state index contributed by atoms with van der Waals surface area (Å²) in [6.45, 7) is 8.76. The van der Waals surface area contributed by atoms with Crippen molar-refractivity contribution in [1.29, 1.82) is 0 Å². The Morgan fingerprint density at radius 3 is 2.61 bits per heavy atom. The zero-order valence-corrected chi connectivity index (χ0v) is 17.4. The van der Waals surface area contributed by atoms with Gasteiger partial charge in [-0.25, -0.2) is 4.98 Å². The minimum atomic E-state index is 0. The van der Waals surface area contributed by atoms with E-state index < -0.39 is 0 Å². The number of aromatic nitrogens is 3. The molecular formula is C15H32IN7. The number of rotatable bonds is 9. The molecule has 1 aromatic rings. The summed E-state index contributed by atoms with van der Waals surface area (Å²) in [6.07, 6.45) is 4.05. The van der Waals surface area contributed by atoms with Gasteiger partial charge >= 0.3 is 0 Å². The first kappa shape index (κ1) is 22.1. The van der Waals surface area contributed by atoms with Crippen LogP contribution < -0.4 is 5.32 Å². The number of hydrogen-bond acceptors (Lipinski definition) is 4. The van der Waals surface area contributed by atoms with Crippen molar-refractivity contribution in [3.8, 4) is 0 Å². The van der Waals surface area contributed by atoms with Gasteiger partial charge in [-0.1, -0.05) is 13.3 Å². The predicted octanol–water partition coefficient (Wildman–Crippen LogP) is 1.56. The van der Waals surface area contributed by atoms with Gasteiger partial charge in [0.15, 0.2) is 5.96 Å². The van der Waals surface area contributed by atoms with Gasteiger partial charge in [-0.15, -0.1) is 24.0 Å². The summed E-state index contributed by atoms with van der Waals surface area (Å²) >= 11 is 0. The molecule has 23 heavy (non-hydrogen) atoms. The van der Waals surface area contributed by atoms with Crippen molar-refractivity contribution >= 4 is 29.9 Å². The molecule has 0 spiro atoms. The summed E-state index contributed by atoms with van der Waals surface area (Å²) in [5, 5.41) is 7.43. The molecule has 1 heterocycles. The number of likely N-dealkylation sites (N-methyl/N-ethyl adjacent to an activating group) is 1. The third-order valence-electron chi connectivity index (χ3n) is 3.52. The lowest BCUT2D eigenvalue weighted by molar-refractivity contribution is 0.336. The van der Waals surface area contributed by atoms with Crippen LogP contribution in [0.1, 0.15) is 32.5 Å². The topological polar surface area (TPSA) is 61.6 Å². The van der Waals surface area contributed by atoms with Crippen molar-refractivity contribution in [3.05, 3.63) is 12.2 Å². The number of nitrogens with zero attached hydrogens (tertiary/aromatic N) is 6. The average Bonchev–Trinajstić information content (AvgIpc) is 2.89. The molecule has 0 aromatic carbocycles. The lowest BCUT2D eigenvalue weighted by Crippen LogP contribution is -2.39. The Morgan fingerprint density at radius 2 is 2.04 bits per heavy atom. The van der Waals surface area contributed by atoms with E-state index in [9.17, 15) is 0 Å². The normalized spacial score (nSPS) is 11.5. The second kappa shape index (κ2) is 12.5. The molecule has 0 aliphatic carbocycles. The van der Waals surface area contributed by atoms with E-state index in [1.54, 1.807) is 11.0 Å². The van der Waals surface area contributed by atoms with Crippen LogP contribution in [0, 0.1) is 0 Å². The van der Waals surface area contributed by atoms with Crippen LogP contribution in [0.2, 0.25) is 0 Å². The van der Waals surface area contributed by atoms with Gasteiger partial charge in [-0.05, 0) is 26.9 Å². The number of unbranched alkanes of at least 4 members (excludes halogenated alkanes) is 1. The molecule has 8 heteroatoms.